The van der Waals surface area contributed by atoms with E-state index in [4.69, 9.17) is 0 Å². The number of nitrogens with zero attached hydrogens (tertiary/aromatic N) is 5. The second-order valence-corrected chi connectivity index (χ2v) is 6.36. The van der Waals surface area contributed by atoms with Gasteiger partial charge in [0.2, 0.25) is 0 Å². The van der Waals surface area contributed by atoms with Crippen LogP contribution in [-0.4, -0.2) is 37.8 Å². The molecule has 1 aromatic carbocycles. The van der Waals surface area contributed by atoms with E-state index in [1.807, 2.05) is 6.92 Å². The Labute approximate surface area is 138 Å². The highest BCUT2D eigenvalue weighted by atomic mass is 19.4. The van der Waals surface area contributed by atoms with Crippen molar-refractivity contribution < 1.29 is 13.2 Å². The maximum absolute atomic E-state index is 12.6. The fourth-order valence-corrected chi connectivity index (χ4v) is 3.30. The molecule has 2 aromatic rings. The molecule has 1 saturated heterocycles. The molecule has 1 aromatic heterocycles. The minimum Gasteiger partial charge on any atom is -0.289 e. The van der Waals surface area contributed by atoms with Crippen LogP contribution in [0.2, 0.25) is 0 Å². The normalized spacial score (nSPS) is 19.1. The van der Waals surface area contributed by atoms with Gasteiger partial charge in [0.05, 0.1) is 6.54 Å². The summed E-state index contributed by atoms with van der Waals surface area (Å²) in [6.07, 6.45) is -2.33. The van der Waals surface area contributed by atoms with Gasteiger partial charge in [0.25, 0.3) is 0 Å². The van der Waals surface area contributed by atoms with Crippen molar-refractivity contribution in [2.45, 2.75) is 52.0 Å². The lowest BCUT2D eigenvalue weighted by Crippen LogP contribution is -2.27. The summed E-state index contributed by atoms with van der Waals surface area (Å²) in [5, 5.41) is 10.7. The Balaban J connectivity index is 1.80. The van der Waals surface area contributed by atoms with E-state index in [9.17, 15) is 13.2 Å². The molecule has 0 aliphatic carbocycles. The molecular weight excluding hydrogens is 319 g/mol. The monoisotopic (exact) mass is 339 g/mol. The van der Waals surface area contributed by atoms with E-state index in [1.54, 1.807) is 0 Å². The Bertz CT molecular complexity index is 710. The van der Waals surface area contributed by atoms with Crippen LogP contribution in [0.4, 0.5) is 13.2 Å². The van der Waals surface area contributed by atoms with E-state index in [-0.39, 0.29) is 11.9 Å². The summed E-state index contributed by atoms with van der Waals surface area (Å²) in [5.74, 6) is 0.254. The van der Waals surface area contributed by atoms with Crippen LogP contribution < -0.4 is 0 Å². The lowest BCUT2D eigenvalue weighted by atomic mass is 9.97. The molecule has 1 unspecified atom stereocenters. The van der Waals surface area contributed by atoms with Crippen LogP contribution in [0.1, 0.15) is 41.4 Å². The minimum atomic E-state index is -4.33. The number of aryl methyl sites for hydroxylation is 2. The van der Waals surface area contributed by atoms with Gasteiger partial charge in [0.1, 0.15) is 6.54 Å². The van der Waals surface area contributed by atoms with Crippen LogP contribution in [0.25, 0.3) is 0 Å². The highest BCUT2D eigenvalue weighted by Gasteiger charge is 2.32. The van der Waals surface area contributed by atoms with E-state index in [2.05, 4.69) is 45.5 Å². The van der Waals surface area contributed by atoms with Crippen molar-refractivity contribution in [3.8, 4) is 0 Å². The van der Waals surface area contributed by atoms with Gasteiger partial charge in [-0.2, -0.15) is 13.2 Å². The highest BCUT2D eigenvalue weighted by Crippen LogP contribution is 2.35. The van der Waals surface area contributed by atoms with E-state index in [1.165, 1.54) is 16.7 Å². The van der Waals surface area contributed by atoms with Gasteiger partial charge in [0.15, 0.2) is 5.82 Å². The quantitative estimate of drug-likeness (QED) is 0.858. The Morgan fingerprint density at radius 2 is 2.04 bits per heavy atom. The molecule has 3 rings (SSSR count). The molecule has 8 heteroatoms. The number of hydrogen-bond donors (Lipinski definition) is 0. The number of hydrogen-bond acceptors (Lipinski definition) is 4. The Hall–Kier alpha value is -1.96. The third kappa shape index (κ3) is 3.75. The van der Waals surface area contributed by atoms with Crippen molar-refractivity contribution in [3.05, 3.63) is 40.7 Å². The zero-order valence-electron chi connectivity index (χ0n) is 13.7. The first-order valence-electron chi connectivity index (χ1n) is 7.96. The van der Waals surface area contributed by atoms with Crippen molar-refractivity contribution in [2.75, 3.05) is 6.54 Å². The third-order valence-corrected chi connectivity index (χ3v) is 4.44. The van der Waals surface area contributed by atoms with Gasteiger partial charge in [-0.3, -0.25) is 4.90 Å². The molecular formula is C16H20F3N5. The summed E-state index contributed by atoms with van der Waals surface area (Å²) in [6.45, 7) is 4.11. The molecule has 0 amide bonds. The molecule has 0 N–H and O–H groups in total. The first-order chi connectivity index (χ1) is 11.3. The van der Waals surface area contributed by atoms with Crippen LogP contribution in [-0.2, 0) is 13.1 Å². The van der Waals surface area contributed by atoms with E-state index in [0.717, 1.165) is 24.1 Å². The highest BCUT2D eigenvalue weighted by molar-refractivity contribution is 5.33. The molecule has 1 aliphatic rings. The largest absolute Gasteiger partial charge is 0.408 e. The molecule has 24 heavy (non-hydrogen) atoms. The maximum Gasteiger partial charge on any atom is 0.408 e. The van der Waals surface area contributed by atoms with Crippen molar-refractivity contribution in [3.63, 3.8) is 0 Å². The third-order valence-electron chi connectivity index (χ3n) is 4.44. The zero-order valence-corrected chi connectivity index (χ0v) is 13.7. The fourth-order valence-electron chi connectivity index (χ4n) is 3.30. The average Bonchev–Trinajstić information content (AvgIpc) is 3.11. The topological polar surface area (TPSA) is 46.8 Å². The van der Waals surface area contributed by atoms with E-state index < -0.39 is 12.7 Å². The molecule has 130 valence electrons. The SMILES string of the molecule is Cc1ccc(C)c(C2CCCN2Cc2nnnn2CC(F)(F)F)c1. The fraction of sp³-hybridized carbons (Fsp3) is 0.562. The number of benzene rings is 1. The molecule has 0 bridgehead atoms. The maximum atomic E-state index is 12.6. The lowest BCUT2D eigenvalue weighted by Gasteiger charge is -2.26. The van der Waals surface area contributed by atoms with Crippen LogP contribution in [0, 0.1) is 13.8 Å². The van der Waals surface area contributed by atoms with E-state index in [0.29, 0.717) is 6.54 Å². The van der Waals surface area contributed by atoms with Gasteiger partial charge in [-0.1, -0.05) is 23.8 Å². The molecule has 1 atom stereocenters. The summed E-state index contributed by atoms with van der Waals surface area (Å²) in [7, 11) is 0. The van der Waals surface area contributed by atoms with Gasteiger partial charge in [-0.15, -0.1) is 5.10 Å². The second kappa shape index (κ2) is 6.51. The summed E-state index contributed by atoms with van der Waals surface area (Å²) >= 11 is 0. The van der Waals surface area contributed by atoms with Crippen LogP contribution in [0.3, 0.4) is 0 Å². The molecule has 1 fully saturated rings. The van der Waals surface area contributed by atoms with Crippen LogP contribution in [0.15, 0.2) is 18.2 Å². The van der Waals surface area contributed by atoms with Crippen LogP contribution in [0.5, 0.6) is 0 Å². The first kappa shape index (κ1) is 16.9. The first-order valence-corrected chi connectivity index (χ1v) is 7.96. The van der Waals surface area contributed by atoms with Crippen LogP contribution >= 0.6 is 0 Å². The van der Waals surface area contributed by atoms with Gasteiger partial charge in [-0.05, 0) is 54.8 Å². The Morgan fingerprint density at radius 3 is 2.79 bits per heavy atom. The number of aromatic nitrogens is 4. The number of rotatable bonds is 4. The van der Waals surface area contributed by atoms with Crippen molar-refractivity contribution in [1.82, 2.24) is 25.1 Å². The van der Waals surface area contributed by atoms with Gasteiger partial charge in [0, 0.05) is 6.04 Å². The van der Waals surface area contributed by atoms with Gasteiger partial charge < -0.3 is 0 Å². The van der Waals surface area contributed by atoms with Crippen molar-refractivity contribution >= 4 is 0 Å². The van der Waals surface area contributed by atoms with Crippen molar-refractivity contribution in [1.29, 1.82) is 0 Å². The summed E-state index contributed by atoms with van der Waals surface area (Å²) < 4.78 is 38.7. The predicted octanol–water partition coefficient (Wildman–Crippen LogP) is 3.19. The molecule has 0 radical (unpaired) electrons. The Morgan fingerprint density at radius 1 is 1.25 bits per heavy atom. The zero-order chi connectivity index (χ0) is 17.3. The smallest absolute Gasteiger partial charge is 0.289 e. The number of halogens is 3. The summed E-state index contributed by atoms with van der Waals surface area (Å²) in [5.41, 5.74) is 3.62. The minimum absolute atomic E-state index is 0.195. The van der Waals surface area contributed by atoms with Gasteiger partial charge >= 0.3 is 6.18 Å². The average molecular weight is 339 g/mol. The lowest BCUT2D eigenvalue weighted by molar-refractivity contribution is -0.143. The van der Waals surface area contributed by atoms with Crippen molar-refractivity contribution in [2.24, 2.45) is 0 Å². The second-order valence-electron chi connectivity index (χ2n) is 6.36. The summed E-state index contributed by atoms with van der Waals surface area (Å²) in [6, 6.07) is 6.52. The standard InChI is InChI=1S/C16H20F3N5/c1-11-5-6-12(2)13(8-11)14-4-3-7-23(14)9-15-20-21-22-24(15)10-16(17,18)19/h5-6,8,14H,3-4,7,9-10H2,1-2H3. The molecule has 0 saturated carbocycles. The summed E-state index contributed by atoms with van der Waals surface area (Å²) in [4.78, 5) is 2.17. The molecule has 5 nitrogen and oxygen atoms in total. The van der Waals surface area contributed by atoms with E-state index >= 15 is 0 Å². The van der Waals surface area contributed by atoms with Gasteiger partial charge in [-0.25, -0.2) is 4.68 Å². The predicted molar refractivity (Wildman–Crippen MR) is 82.2 cm³/mol. The number of alkyl halides is 3. The molecule has 1 aliphatic heterocycles. The Kier molecular flexibility index (Phi) is 4.58. The molecule has 0 spiro atoms. The number of tetrazole rings is 1. The molecule has 2 heterocycles. The number of likely N-dealkylation sites (tertiary alicyclic amines) is 1.